The summed E-state index contributed by atoms with van der Waals surface area (Å²) in [5, 5.41) is 6.94. The summed E-state index contributed by atoms with van der Waals surface area (Å²) >= 11 is 0. The minimum Gasteiger partial charge on any atom is -0.455 e. The zero-order valence-electron chi connectivity index (χ0n) is 23.3. The molecule has 0 amide bonds. The summed E-state index contributed by atoms with van der Waals surface area (Å²) in [5.41, 5.74) is 9.59. The first kappa shape index (κ1) is 23.8. The van der Waals surface area contributed by atoms with Gasteiger partial charge in [-0.05, 0) is 45.0 Å². The maximum absolute atomic E-state index is 6.68. The third-order valence-corrected chi connectivity index (χ3v) is 8.28. The van der Waals surface area contributed by atoms with Gasteiger partial charge in [0, 0.05) is 45.1 Å². The molecule has 0 radical (unpaired) electrons. The first-order valence-electron chi connectivity index (χ1n) is 14.1. The lowest BCUT2D eigenvalue weighted by atomic mass is 9.86. The van der Waals surface area contributed by atoms with Crippen LogP contribution in [0.5, 0.6) is 0 Å². The van der Waals surface area contributed by atoms with Gasteiger partial charge in [0.05, 0.1) is 11.0 Å². The summed E-state index contributed by atoms with van der Waals surface area (Å²) in [4.78, 5) is 9.38. The van der Waals surface area contributed by atoms with Gasteiger partial charge < -0.3 is 4.42 Å². The molecule has 0 saturated carbocycles. The van der Waals surface area contributed by atoms with E-state index in [1.54, 1.807) is 12.4 Å². The van der Waals surface area contributed by atoms with Crippen molar-refractivity contribution in [3.8, 4) is 22.3 Å². The van der Waals surface area contributed by atoms with E-state index in [0.717, 1.165) is 55.0 Å². The van der Waals surface area contributed by atoms with Crippen molar-refractivity contribution in [2.45, 2.75) is 26.2 Å². The minimum atomic E-state index is -0.00930. The summed E-state index contributed by atoms with van der Waals surface area (Å²) in [5.74, 6) is 0. The Morgan fingerprint density at radius 2 is 1.10 bits per heavy atom. The maximum Gasteiger partial charge on any atom is 0.143 e. The van der Waals surface area contributed by atoms with E-state index >= 15 is 0 Å². The van der Waals surface area contributed by atoms with Crippen LogP contribution >= 0.6 is 0 Å². The van der Waals surface area contributed by atoms with Crippen molar-refractivity contribution < 1.29 is 4.42 Å². The number of hydrogen-bond donors (Lipinski definition) is 0. The summed E-state index contributed by atoms with van der Waals surface area (Å²) in [6.45, 7) is 6.71. The molecule has 2 heterocycles. The first-order chi connectivity index (χ1) is 20.0. The van der Waals surface area contributed by atoms with E-state index in [0.29, 0.717) is 0 Å². The van der Waals surface area contributed by atoms with Crippen molar-refractivity contribution in [1.29, 1.82) is 0 Å². The van der Waals surface area contributed by atoms with Crippen LogP contribution in [-0.2, 0) is 5.41 Å². The van der Waals surface area contributed by atoms with Gasteiger partial charge in [0.15, 0.2) is 0 Å². The fraction of sp³-hybridized carbons (Fsp3) is 0.105. The zero-order valence-corrected chi connectivity index (χ0v) is 23.3. The molecule has 0 aliphatic heterocycles. The minimum absolute atomic E-state index is 0.00930. The second kappa shape index (κ2) is 8.74. The van der Waals surface area contributed by atoms with Crippen molar-refractivity contribution in [1.82, 2.24) is 9.97 Å². The largest absolute Gasteiger partial charge is 0.455 e. The molecule has 0 aliphatic carbocycles. The molecule has 41 heavy (non-hydrogen) atoms. The molecule has 0 saturated heterocycles. The molecule has 0 fully saturated rings. The summed E-state index contributed by atoms with van der Waals surface area (Å²) < 4.78 is 6.68. The smallest absolute Gasteiger partial charge is 0.143 e. The van der Waals surface area contributed by atoms with Crippen molar-refractivity contribution >= 4 is 54.5 Å². The van der Waals surface area contributed by atoms with E-state index in [-0.39, 0.29) is 5.41 Å². The summed E-state index contributed by atoms with van der Waals surface area (Å²) in [6.07, 6.45) is 3.55. The number of para-hydroxylation sites is 2. The molecular weight excluding hydrogens is 500 g/mol. The highest BCUT2D eigenvalue weighted by Gasteiger charge is 2.21. The molecule has 2 aromatic heterocycles. The normalized spacial score (nSPS) is 12.3. The second-order valence-electron chi connectivity index (χ2n) is 11.9. The van der Waals surface area contributed by atoms with Gasteiger partial charge in [0.1, 0.15) is 11.2 Å². The molecule has 3 heteroatoms. The van der Waals surface area contributed by atoms with Crippen LogP contribution in [0, 0.1) is 0 Å². The number of furan rings is 1. The highest BCUT2D eigenvalue weighted by molar-refractivity contribution is 6.23. The van der Waals surface area contributed by atoms with Gasteiger partial charge in [0.25, 0.3) is 0 Å². The average molecular weight is 529 g/mol. The molecular formula is C38H28N2O. The predicted molar refractivity (Wildman–Crippen MR) is 171 cm³/mol. The molecule has 0 bridgehead atoms. The lowest BCUT2D eigenvalue weighted by molar-refractivity contribution is 0.573. The van der Waals surface area contributed by atoms with Gasteiger partial charge in [-0.2, -0.15) is 0 Å². The van der Waals surface area contributed by atoms with E-state index in [1.165, 1.54) is 27.3 Å². The van der Waals surface area contributed by atoms with Crippen LogP contribution in [0.1, 0.15) is 26.3 Å². The Morgan fingerprint density at radius 3 is 1.88 bits per heavy atom. The summed E-state index contributed by atoms with van der Waals surface area (Å²) in [6, 6.07) is 36.9. The van der Waals surface area contributed by atoms with Crippen LogP contribution in [-0.4, -0.2) is 9.97 Å². The van der Waals surface area contributed by atoms with Gasteiger partial charge in [0.2, 0.25) is 0 Å². The van der Waals surface area contributed by atoms with Crippen LogP contribution < -0.4 is 0 Å². The third-order valence-electron chi connectivity index (χ3n) is 8.28. The lowest BCUT2D eigenvalue weighted by Crippen LogP contribution is -2.10. The first-order valence-corrected chi connectivity index (χ1v) is 14.1. The van der Waals surface area contributed by atoms with Crippen LogP contribution in [0.3, 0.4) is 0 Å². The van der Waals surface area contributed by atoms with Crippen LogP contribution in [0.15, 0.2) is 120 Å². The number of hydrogen-bond acceptors (Lipinski definition) is 3. The number of rotatable bonds is 2. The highest BCUT2D eigenvalue weighted by atomic mass is 16.3. The molecule has 6 aromatic carbocycles. The predicted octanol–water partition coefficient (Wildman–Crippen LogP) is 10.5. The molecule has 3 nitrogen and oxygen atoms in total. The number of fused-ring (bicyclic) bond motifs is 9. The second-order valence-corrected chi connectivity index (χ2v) is 11.9. The molecule has 0 aliphatic rings. The Morgan fingerprint density at radius 1 is 0.488 bits per heavy atom. The Labute approximate surface area is 238 Å². The zero-order chi connectivity index (χ0) is 27.7. The molecule has 0 atom stereocenters. The van der Waals surface area contributed by atoms with Crippen molar-refractivity contribution in [3.05, 3.63) is 121 Å². The highest BCUT2D eigenvalue weighted by Crippen LogP contribution is 2.41. The van der Waals surface area contributed by atoms with Gasteiger partial charge >= 0.3 is 0 Å². The van der Waals surface area contributed by atoms with E-state index in [9.17, 15) is 0 Å². The quantitative estimate of drug-likeness (QED) is 0.210. The van der Waals surface area contributed by atoms with Crippen molar-refractivity contribution in [2.24, 2.45) is 0 Å². The van der Waals surface area contributed by atoms with Crippen LogP contribution in [0.25, 0.3) is 76.8 Å². The molecule has 8 rings (SSSR count). The van der Waals surface area contributed by atoms with E-state index < -0.39 is 0 Å². The number of benzene rings is 6. The monoisotopic (exact) mass is 528 g/mol. The van der Waals surface area contributed by atoms with Gasteiger partial charge in [-0.1, -0.05) is 112 Å². The maximum atomic E-state index is 6.68. The average Bonchev–Trinajstić information content (AvgIpc) is 3.39. The van der Waals surface area contributed by atoms with E-state index in [2.05, 4.69) is 129 Å². The third kappa shape index (κ3) is 3.66. The molecule has 0 unspecified atom stereocenters. The number of nitrogens with zero attached hydrogens (tertiary/aromatic N) is 2. The Bertz CT molecular complexity index is 2270. The molecule has 0 N–H and O–H groups in total. The van der Waals surface area contributed by atoms with E-state index in [1.807, 2.05) is 0 Å². The molecule has 196 valence electrons. The standard InChI is InChI=1S/C38H28N2O/c1-38(2,3)33-16-8-15-31-30-14-7-13-26(36(30)41-37(31)33)25-10-6-9-23(21-25)24-17-18-29-32(22-24)27-11-4-5-12-28(27)34-35(29)40-20-19-39-34/h4-22H,1-3H3. The Hall–Kier alpha value is -5.02. The van der Waals surface area contributed by atoms with Crippen LogP contribution in [0.4, 0.5) is 0 Å². The van der Waals surface area contributed by atoms with Gasteiger partial charge in [-0.3, -0.25) is 9.97 Å². The molecule has 8 aromatic rings. The van der Waals surface area contributed by atoms with Crippen molar-refractivity contribution in [3.63, 3.8) is 0 Å². The van der Waals surface area contributed by atoms with Gasteiger partial charge in [-0.15, -0.1) is 0 Å². The lowest BCUT2D eigenvalue weighted by Gasteiger charge is -2.18. The van der Waals surface area contributed by atoms with Crippen LogP contribution in [0.2, 0.25) is 0 Å². The molecule has 0 spiro atoms. The Balaban J connectivity index is 1.32. The Kier molecular flexibility index (Phi) is 5.08. The summed E-state index contributed by atoms with van der Waals surface area (Å²) in [7, 11) is 0. The van der Waals surface area contributed by atoms with Gasteiger partial charge in [-0.25, -0.2) is 0 Å². The fourth-order valence-electron chi connectivity index (χ4n) is 6.31. The topological polar surface area (TPSA) is 38.9 Å². The van der Waals surface area contributed by atoms with E-state index in [4.69, 9.17) is 9.40 Å². The number of aromatic nitrogens is 2. The SMILES string of the molecule is CC(C)(C)c1cccc2c1oc1c(-c3cccc(-c4ccc5c(c4)c4ccccc4c4nccnc54)c3)cccc12. The fourth-order valence-corrected chi connectivity index (χ4v) is 6.31. The van der Waals surface area contributed by atoms with Crippen molar-refractivity contribution in [2.75, 3.05) is 0 Å².